The Morgan fingerprint density at radius 3 is 2.91 bits per heavy atom. The minimum Gasteiger partial charge on any atom is -0.308 e. The highest BCUT2D eigenvalue weighted by atomic mass is 16.2. The van der Waals surface area contributed by atoms with E-state index >= 15 is 0 Å². The second kappa shape index (κ2) is 6.24. The van der Waals surface area contributed by atoms with Crippen molar-refractivity contribution in [3.63, 3.8) is 0 Å². The molecule has 1 N–H and O–H groups in total. The molecule has 1 saturated heterocycles. The highest BCUT2D eigenvalue weighted by Gasteiger charge is 2.34. The van der Waals surface area contributed by atoms with E-state index in [-0.39, 0.29) is 11.9 Å². The maximum atomic E-state index is 12.6. The molecule has 5 nitrogen and oxygen atoms in total. The first kappa shape index (κ1) is 15.3. The summed E-state index contributed by atoms with van der Waals surface area (Å²) in [6, 6.07) is -0.0536. The molecule has 5 heteroatoms. The van der Waals surface area contributed by atoms with Crippen molar-refractivity contribution in [2.24, 2.45) is 18.9 Å². The van der Waals surface area contributed by atoms with Crippen LogP contribution in [0.1, 0.15) is 33.1 Å². The highest BCUT2D eigenvalue weighted by molar-refractivity contribution is 5.99. The lowest BCUT2D eigenvalue weighted by Gasteiger charge is -2.30. The van der Waals surface area contributed by atoms with Gasteiger partial charge in [-0.05, 0) is 38.0 Å². The van der Waals surface area contributed by atoms with E-state index in [1.165, 1.54) is 18.4 Å². The van der Waals surface area contributed by atoms with Crippen molar-refractivity contribution in [2.45, 2.75) is 39.2 Å². The van der Waals surface area contributed by atoms with E-state index in [9.17, 15) is 4.79 Å². The summed E-state index contributed by atoms with van der Waals surface area (Å²) in [5.74, 6) is 1.44. The topological polar surface area (TPSA) is 50.2 Å². The quantitative estimate of drug-likeness (QED) is 0.867. The van der Waals surface area contributed by atoms with Gasteiger partial charge in [-0.1, -0.05) is 18.6 Å². The van der Waals surface area contributed by atoms with Crippen LogP contribution in [0.2, 0.25) is 0 Å². The van der Waals surface area contributed by atoms with E-state index in [0.29, 0.717) is 11.8 Å². The van der Waals surface area contributed by atoms with Gasteiger partial charge in [0.2, 0.25) is 5.91 Å². The molecule has 1 aromatic rings. The number of nitrogens with zero attached hydrogens (tertiary/aromatic N) is 3. The number of rotatable bonds is 4. The zero-order valence-electron chi connectivity index (χ0n) is 13.7. The molecule has 1 aliphatic heterocycles. The molecule has 1 fully saturated rings. The molecule has 3 atom stereocenters. The van der Waals surface area contributed by atoms with Gasteiger partial charge < -0.3 is 10.2 Å². The molecule has 0 bridgehead atoms. The first-order valence-corrected chi connectivity index (χ1v) is 8.26. The zero-order valence-corrected chi connectivity index (χ0v) is 13.7. The summed E-state index contributed by atoms with van der Waals surface area (Å²) < 4.78 is 1.74. The molecule has 2 aliphatic rings. The van der Waals surface area contributed by atoms with Gasteiger partial charge in [-0.25, -0.2) is 0 Å². The minimum atomic E-state index is -0.0536. The molecule has 2 heterocycles. The summed E-state index contributed by atoms with van der Waals surface area (Å²) in [7, 11) is 1.87. The van der Waals surface area contributed by atoms with Gasteiger partial charge in [0.15, 0.2) is 0 Å². The SMILES string of the molecule is CC1=CCC[C@H](C)[C@@H]1CN[C@@H]1CCN(c2cnn(C)c2)C1=O. The second-order valence-corrected chi connectivity index (χ2v) is 6.72. The Labute approximate surface area is 132 Å². The zero-order chi connectivity index (χ0) is 15.7. The maximum absolute atomic E-state index is 12.6. The van der Waals surface area contributed by atoms with Crippen molar-refractivity contribution in [1.82, 2.24) is 15.1 Å². The van der Waals surface area contributed by atoms with Crippen LogP contribution in [0.5, 0.6) is 0 Å². The third-order valence-corrected chi connectivity index (χ3v) is 5.15. The Kier molecular flexibility index (Phi) is 4.34. The van der Waals surface area contributed by atoms with Gasteiger partial charge in [0.05, 0.1) is 17.9 Å². The van der Waals surface area contributed by atoms with E-state index < -0.39 is 0 Å². The molecular formula is C17H26N4O. The van der Waals surface area contributed by atoms with Gasteiger partial charge in [0, 0.05) is 26.3 Å². The summed E-state index contributed by atoms with van der Waals surface area (Å²) in [5.41, 5.74) is 2.37. The molecule has 1 aliphatic carbocycles. The van der Waals surface area contributed by atoms with Gasteiger partial charge in [-0.15, -0.1) is 0 Å². The molecule has 0 saturated carbocycles. The molecule has 1 aromatic heterocycles. The number of carbonyl (C=O) groups excluding carboxylic acids is 1. The van der Waals surface area contributed by atoms with Gasteiger partial charge >= 0.3 is 0 Å². The van der Waals surface area contributed by atoms with Crippen LogP contribution in [0.15, 0.2) is 24.0 Å². The number of hydrogen-bond donors (Lipinski definition) is 1. The minimum absolute atomic E-state index is 0.0536. The average Bonchev–Trinajstić information content (AvgIpc) is 3.05. The molecule has 3 rings (SSSR count). The van der Waals surface area contributed by atoms with Crippen LogP contribution in [0.25, 0.3) is 0 Å². The van der Waals surface area contributed by atoms with Crippen molar-refractivity contribution in [3.05, 3.63) is 24.0 Å². The number of carbonyl (C=O) groups is 1. The molecule has 120 valence electrons. The number of amides is 1. The normalized spacial score (nSPS) is 29.0. The Bertz CT molecular complexity index is 577. The summed E-state index contributed by atoms with van der Waals surface area (Å²) >= 11 is 0. The molecule has 22 heavy (non-hydrogen) atoms. The molecule has 0 spiro atoms. The molecule has 0 aromatic carbocycles. The molecule has 1 amide bonds. The number of nitrogens with one attached hydrogen (secondary N) is 1. The van der Waals surface area contributed by atoms with E-state index in [1.807, 2.05) is 18.1 Å². The van der Waals surface area contributed by atoms with Crippen LogP contribution in [-0.4, -0.2) is 34.8 Å². The van der Waals surface area contributed by atoms with E-state index in [1.54, 1.807) is 10.9 Å². The first-order valence-electron chi connectivity index (χ1n) is 8.26. The monoisotopic (exact) mass is 302 g/mol. The smallest absolute Gasteiger partial charge is 0.244 e. The summed E-state index contributed by atoms with van der Waals surface area (Å²) in [6.45, 7) is 6.22. The van der Waals surface area contributed by atoms with Gasteiger partial charge in [-0.2, -0.15) is 5.10 Å². The van der Waals surface area contributed by atoms with Crippen LogP contribution in [0.4, 0.5) is 5.69 Å². The first-order chi connectivity index (χ1) is 10.6. The molecule has 0 radical (unpaired) electrons. The Morgan fingerprint density at radius 1 is 1.41 bits per heavy atom. The Balaban J connectivity index is 1.59. The van der Waals surface area contributed by atoms with Gasteiger partial charge in [0.1, 0.15) is 0 Å². The van der Waals surface area contributed by atoms with Gasteiger partial charge in [-0.3, -0.25) is 9.48 Å². The fraction of sp³-hybridized carbons (Fsp3) is 0.647. The van der Waals surface area contributed by atoms with Crippen LogP contribution >= 0.6 is 0 Å². The fourth-order valence-corrected chi connectivity index (χ4v) is 3.68. The lowest BCUT2D eigenvalue weighted by molar-refractivity contribution is -0.118. The summed E-state index contributed by atoms with van der Waals surface area (Å²) in [6.07, 6.45) is 9.33. The third-order valence-electron chi connectivity index (χ3n) is 5.15. The van der Waals surface area contributed by atoms with E-state index in [4.69, 9.17) is 0 Å². The van der Waals surface area contributed by atoms with Crippen molar-refractivity contribution >= 4 is 11.6 Å². The molecular weight excluding hydrogens is 276 g/mol. The molecule has 0 unspecified atom stereocenters. The fourth-order valence-electron chi connectivity index (χ4n) is 3.68. The third kappa shape index (κ3) is 2.95. The van der Waals surface area contributed by atoms with Crippen LogP contribution in [0, 0.1) is 11.8 Å². The van der Waals surface area contributed by atoms with E-state index in [2.05, 4.69) is 30.3 Å². The van der Waals surface area contributed by atoms with Crippen LogP contribution < -0.4 is 10.2 Å². The number of allylic oxidation sites excluding steroid dienone is 1. The highest BCUT2D eigenvalue weighted by Crippen LogP contribution is 2.30. The lowest BCUT2D eigenvalue weighted by atomic mass is 9.80. The maximum Gasteiger partial charge on any atom is 0.244 e. The standard InChI is InChI=1S/C17H26N4O/c1-12-5-4-6-13(2)15(12)10-18-16-7-8-21(17(16)22)14-9-19-20(3)11-14/h5,9,11,13,15-16,18H,4,6-8,10H2,1-3H3/t13-,15+,16+/m0/s1. The van der Waals surface area contributed by atoms with Crippen molar-refractivity contribution < 1.29 is 4.79 Å². The predicted octanol–water partition coefficient (Wildman–Crippen LogP) is 2.11. The van der Waals surface area contributed by atoms with Crippen molar-refractivity contribution in [3.8, 4) is 0 Å². The number of hydrogen-bond acceptors (Lipinski definition) is 3. The van der Waals surface area contributed by atoms with E-state index in [0.717, 1.165) is 25.2 Å². The Morgan fingerprint density at radius 2 is 2.23 bits per heavy atom. The number of anilines is 1. The second-order valence-electron chi connectivity index (χ2n) is 6.72. The van der Waals surface area contributed by atoms with Crippen LogP contribution in [0.3, 0.4) is 0 Å². The van der Waals surface area contributed by atoms with Gasteiger partial charge in [0.25, 0.3) is 0 Å². The number of aryl methyl sites for hydroxylation is 1. The average molecular weight is 302 g/mol. The summed E-state index contributed by atoms with van der Waals surface area (Å²) in [4.78, 5) is 14.4. The Hall–Kier alpha value is -1.62. The van der Waals surface area contributed by atoms with Crippen LogP contribution in [-0.2, 0) is 11.8 Å². The predicted molar refractivity (Wildman–Crippen MR) is 87.6 cm³/mol. The number of aromatic nitrogens is 2. The largest absolute Gasteiger partial charge is 0.308 e. The summed E-state index contributed by atoms with van der Waals surface area (Å²) in [5, 5.41) is 7.66. The van der Waals surface area contributed by atoms with Crippen molar-refractivity contribution in [1.29, 1.82) is 0 Å². The lowest BCUT2D eigenvalue weighted by Crippen LogP contribution is -2.42. The van der Waals surface area contributed by atoms with Crippen molar-refractivity contribution in [2.75, 3.05) is 18.0 Å².